The topological polar surface area (TPSA) is 43.7 Å². The molecule has 1 fully saturated rings. The molecule has 3 nitrogen and oxygen atoms in total. The van der Waals surface area contributed by atoms with E-state index in [1.807, 2.05) is 4.90 Å². The molecule has 2 rings (SSSR count). The van der Waals surface area contributed by atoms with Gasteiger partial charge in [-0.2, -0.15) is 0 Å². The fraction of sp³-hybridized carbons (Fsp3) is 0.400. The van der Waals surface area contributed by atoms with E-state index in [1.165, 1.54) is 18.2 Å². The van der Waals surface area contributed by atoms with Gasteiger partial charge in [0, 0.05) is 13.1 Å². The van der Waals surface area contributed by atoms with Crippen molar-refractivity contribution in [1.82, 2.24) is 0 Å². The fourth-order valence-corrected chi connectivity index (χ4v) is 1.89. The molecule has 0 unspecified atom stereocenters. The SMILES string of the molecule is OB(O)c1ccc(F)c(N2CCCC2)c1. The van der Waals surface area contributed by atoms with E-state index >= 15 is 0 Å². The molecule has 0 amide bonds. The summed E-state index contributed by atoms with van der Waals surface area (Å²) in [6.07, 6.45) is 2.12. The molecule has 0 radical (unpaired) electrons. The molecule has 0 bridgehead atoms. The van der Waals surface area contributed by atoms with Crippen molar-refractivity contribution < 1.29 is 14.4 Å². The van der Waals surface area contributed by atoms with Crippen LogP contribution in [0.25, 0.3) is 0 Å². The van der Waals surface area contributed by atoms with Crippen molar-refractivity contribution in [2.24, 2.45) is 0 Å². The van der Waals surface area contributed by atoms with Crippen molar-refractivity contribution in [3.8, 4) is 0 Å². The van der Waals surface area contributed by atoms with Gasteiger partial charge in [0.2, 0.25) is 0 Å². The first-order valence-electron chi connectivity index (χ1n) is 5.09. The van der Waals surface area contributed by atoms with Crippen molar-refractivity contribution >= 4 is 18.3 Å². The van der Waals surface area contributed by atoms with Crippen LogP contribution in [0.3, 0.4) is 0 Å². The van der Waals surface area contributed by atoms with E-state index in [-0.39, 0.29) is 5.82 Å². The van der Waals surface area contributed by atoms with Crippen LogP contribution in [0.2, 0.25) is 0 Å². The van der Waals surface area contributed by atoms with Crippen molar-refractivity contribution in [2.75, 3.05) is 18.0 Å². The van der Waals surface area contributed by atoms with Gasteiger partial charge < -0.3 is 14.9 Å². The second-order valence-corrected chi connectivity index (χ2v) is 3.78. The Bertz CT molecular complexity index is 353. The molecule has 1 aromatic rings. The predicted octanol–water partition coefficient (Wildman–Crippen LogP) is 0.106. The third-order valence-corrected chi connectivity index (χ3v) is 2.72. The summed E-state index contributed by atoms with van der Waals surface area (Å²) in [5.41, 5.74) is 0.802. The van der Waals surface area contributed by atoms with Gasteiger partial charge in [-0.1, -0.05) is 6.07 Å². The average Bonchev–Trinajstić information content (AvgIpc) is 2.71. The summed E-state index contributed by atoms with van der Waals surface area (Å²) in [5, 5.41) is 18.0. The van der Waals surface area contributed by atoms with E-state index in [9.17, 15) is 4.39 Å². The van der Waals surface area contributed by atoms with Crippen LogP contribution >= 0.6 is 0 Å². The molecule has 0 aromatic heterocycles. The van der Waals surface area contributed by atoms with Gasteiger partial charge in [-0.15, -0.1) is 0 Å². The number of halogens is 1. The highest BCUT2D eigenvalue weighted by Crippen LogP contribution is 2.22. The van der Waals surface area contributed by atoms with Crippen LogP contribution in [0, 0.1) is 5.82 Å². The standard InChI is InChI=1S/C10H13BFNO2/c12-9-4-3-8(11(14)15)7-10(9)13-5-1-2-6-13/h3-4,7,14-15H,1-2,5-6H2. The normalized spacial score (nSPS) is 15.8. The maximum absolute atomic E-state index is 13.5. The molecule has 15 heavy (non-hydrogen) atoms. The molecule has 2 N–H and O–H groups in total. The summed E-state index contributed by atoms with van der Waals surface area (Å²) >= 11 is 0. The first-order chi connectivity index (χ1) is 7.18. The zero-order valence-electron chi connectivity index (χ0n) is 8.36. The Balaban J connectivity index is 2.31. The van der Waals surface area contributed by atoms with E-state index in [4.69, 9.17) is 10.0 Å². The van der Waals surface area contributed by atoms with E-state index in [1.54, 1.807) is 0 Å². The minimum absolute atomic E-state index is 0.304. The van der Waals surface area contributed by atoms with E-state index < -0.39 is 7.12 Å². The minimum Gasteiger partial charge on any atom is -0.423 e. The van der Waals surface area contributed by atoms with Crippen LogP contribution in [0.15, 0.2) is 18.2 Å². The van der Waals surface area contributed by atoms with Gasteiger partial charge in [0.05, 0.1) is 5.69 Å². The molecule has 1 aliphatic rings. The van der Waals surface area contributed by atoms with Crippen LogP contribution in [0.1, 0.15) is 12.8 Å². The van der Waals surface area contributed by atoms with E-state index in [0.717, 1.165) is 25.9 Å². The zero-order valence-corrected chi connectivity index (χ0v) is 8.36. The number of hydrogen-bond donors (Lipinski definition) is 2. The Labute approximate surface area is 88.3 Å². The minimum atomic E-state index is -1.54. The summed E-state index contributed by atoms with van der Waals surface area (Å²) < 4.78 is 13.5. The third-order valence-electron chi connectivity index (χ3n) is 2.72. The second-order valence-electron chi connectivity index (χ2n) is 3.78. The molecule has 1 heterocycles. The summed E-state index contributed by atoms with van der Waals surface area (Å²) in [5.74, 6) is -0.304. The van der Waals surface area contributed by atoms with Crippen molar-refractivity contribution in [1.29, 1.82) is 0 Å². The Morgan fingerprint density at radius 2 is 1.87 bits per heavy atom. The average molecular weight is 209 g/mol. The van der Waals surface area contributed by atoms with Gasteiger partial charge in [0.15, 0.2) is 0 Å². The van der Waals surface area contributed by atoms with Gasteiger partial charge in [0.25, 0.3) is 0 Å². The Hall–Kier alpha value is -1.07. The highest BCUT2D eigenvalue weighted by Gasteiger charge is 2.19. The molecule has 80 valence electrons. The number of anilines is 1. The largest absolute Gasteiger partial charge is 0.488 e. The number of benzene rings is 1. The second kappa shape index (κ2) is 4.20. The van der Waals surface area contributed by atoms with Gasteiger partial charge >= 0.3 is 7.12 Å². The molecule has 0 aliphatic carbocycles. The van der Waals surface area contributed by atoms with Crippen LogP contribution in [0.5, 0.6) is 0 Å². The lowest BCUT2D eigenvalue weighted by atomic mass is 9.80. The lowest BCUT2D eigenvalue weighted by Crippen LogP contribution is -2.31. The van der Waals surface area contributed by atoms with Crippen LogP contribution in [0.4, 0.5) is 10.1 Å². The maximum atomic E-state index is 13.5. The molecule has 1 saturated heterocycles. The third kappa shape index (κ3) is 2.13. The van der Waals surface area contributed by atoms with Crippen molar-refractivity contribution in [2.45, 2.75) is 12.8 Å². The summed E-state index contributed by atoms with van der Waals surface area (Å²) in [6, 6.07) is 4.17. The quantitative estimate of drug-likeness (QED) is 0.679. The zero-order chi connectivity index (χ0) is 10.8. The summed E-state index contributed by atoms with van der Waals surface area (Å²) in [4.78, 5) is 1.93. The molecular formula is C10H13BFNO2. The van der Waals surface area contributed by atoms with E-state index in [0.29, 0.717) is 11.2 Å². The Morgan fingerprint density at radius 3 is 2.47 bits per heavy atom. The van der Waals surface area contributed by atoms with Crippen LogP contribution in [-0.2, 0) is 0 Å². The number of nitrogens with zero attached hydrogens (tertiary/aromatic N) is 1. The lowest BCUT2D eigenvalue weighted by molar-refractivity contribution is 0.425. The van der Waals surface area contributed by atoms with Crippen LogP contribution < -0.4 is 10.4 Å². The Morgan fingerprint density at radius 1 is 1.20 bits per heavy atom. The molecule has 0 spiro atoms. The van der Waals surface area contributed by atoms with Gasteiger partial charge in [-0.05, 0) is 30.4 Å². The maximum Gasteiger partial charge on any atom is 0.488 e. The van der Waals surface area contributed by atoms with E-state index in [2.05, 4.69) is 0 Å². The number of hydrogen-bond acceptors (Lipinski definition) is 3. The highest BCUT2D eigenvalue weighted by molar-refractivity contribution is 6.58. The Kier molecular flexibility index (Phi) is 2.93. The lowest BCUT2D eigenvalue weighted by Gasteiger charge is -2.19. The monoisotopic (exact) mass is 209 g/mol. The highest BCUT2D eigenvalue weighted by atomic mass is 19.1. The smallest absolute Gasteiger partial charge is 0.423 e. The molecule has 1 aliphatic heterocycles. The molecular weight excluding hydrogens is 196 g/mol. The molecule has 0 saturated carbocycles. The number of rotatable bonds is 2. The van der Waals surface area contributed by atoms with Gasteiger partial charge in [-0.3, -0.25) is 0 Å². The molecule has 0 atom stereocenters. The van der Waals surface area contributed by atoms with Gasteiger partial charge in [0.1, 0.15) is 5.82 Å². The first kappa shape index (κ1) is 10.5. The first-order valence-corrected chi connectivity index (χ1v) is 5.09. The molecule has 1 aromatic carbocycles. The van der Waals surface area contributed by atoms with Gasteiger partial charge in [-0.25, -0.2) is 4.39 Å². The molecule has 5 heteroatoms. The summed E-state index contributed by atoms with van der Waals surface area (Å²) in [6.45, 7) is 1.67. The van der Waals surface area contributed by atoms with Crippen molar-refractivity contribution in [3.05, 3.63) is 24.0 Å². The fourth-order valence-electron chi connectivity index (χ4n) is 1.89. The van der Waals surface area contributed by atoms with Crippen molar-refractivity contribution in [3.63, 3.8) is 0 Å². The van der Waals surface area contributed by atoms with Crippen LogP contribution in [-0.4, -0.2) is 30.3 Å². The summed E-state index contributed by atoms with van der Waals surface area (Å²) in [7, 11) is -1.54. The predicted molar refractivity (Wildman–Crippen MR) is 57.7 cm³/mol.